The Morgan fingerprint density at radius 2 is 1.70 bits per heavy atom. The molecule has 1 spiro atoms. The molecule has 6 aliphatic rings. The lowest BCUT2D eigenvalue weighted by Gasteiger charge is -2.63. The third-order valence-electron chi connectivity index (χ3n) is 7.15. The molecule has 2 heterocycles. The summed E-state index contributed by atoms with van der Waals surface area (Å²) in [5, 5.41) is 0. The Balaban J connectivity index is 1.66. The van der Waals surface area contributed by atoms with E-state index in [0.29, 0.717) is 0 Å². The topological polar surface area (TPSA) is 9.23 Å². The molecule has 0 aromatic heterocycles. The first-order valence-corrected chi connectivity index (χ1v) is 11.5. The molecule has 4 fully saturated rings. The van der Waals surface area contributed by atoms with E-state index in [2.05, 4.69) is 38.4 Å². The number of halogens is 1. The van der Waals surface area contributed by atoms with Crippen LogP contribution >= 0.6 is 20.7 Å². The number of hydrogen-bond acceptors (Lipinski definition) is 1. The zero-order valence-electron chi connectivity index (χ0n) is 13.2. The molecule has 0 radical (unpaired) electrons. The van der Waals surface area contributed by atoms with Crippen LogP contribution in [0.3, 0.4) is 0 Å². The van der Waals surface area contributed by atoms with Gasteiger partial charge in [0.2, 0.25) is 0 Å². The summed E-state index contributed by atoms with van der Waals surface area (Å²) in [5.74, 6) is 6.05. The summed E-state index contributed by atoms with van der Waals surface area (Å²) in [4.78, 5) is 0. The highest BCUT2D eigenvalue weighted by atomic mass is 127. The van der Waals surface area contributed by atoms with Gasteiger partial charge in [0.05, 0.1) is 0 Å². The summed E-state index contributed by atoms with van der Waals surface area (Å²) < 4.78 is 11.2. The minimum Gasteiger partial charge on any atom is -0.456 e. The average Bonchev–Trinajstić information content (AvgIpc) is 2.57. The second-order valence-electron chi connectivity index (χ2n) is 8.08. The van der Waals surface area contributed by atoms with Crippen molar-refractivity contribution >= 4 is 24.7 Å². The Labute approximate surface area is 147 Å². The van der Waals surface area contributed by atoms with Crippen molar-refractivity contribution in [3.8, 4) is 5.75 Å². The van der Waals surface area contributed by atoms with E-state index < -0.39 is 0 Å². The van der Waals surface area contributed by atoms with Crippen LogP contribution in [0.15, 0.2) is 45.8 Å². The van der Waals surface area contributed by atoms with E-state index in [4.69, 9.17) is 4.74 Å². The third kappa shape index (κ3) is 1.61. The molecule has 4 saturated carbocycles. The molecule has 0 atom stereocenters. The fourth-order valence-electron chi connectivity index (χ4n) is 6.72. The number of rotatable bonds is 0. The molecule has 23 heavy (non-hydrogen) atoms. The van der Waals surface area contributed by atoms with E-state index in [1.165, 1.54) is 49.0 Å². The lowest BCUT2D eigenvalue weighted by atomic mass is 9.41. The fourth-order valence-corrected chi connectivity index (χ4v) is 8.29. The van der Waals surface area contributed by atoms with Gasteiger partial charge in [-0.3, -0.25) is 0 Å². The minimum atomic E-state index is 0.0348. The lowest BCUT2D eigenvalue weighted by molar-refractivity contribution is -0.0459. The number of ether oxygens (including phenoxy) is 1. The van der Waals surface area contributed by atoms with Crippen molar-refractivity contribution in [3.63, 3.8) is 0 Å². The van der Waals surface area contributed by atoms with Crippen LogP contribution in [-0.2, 0) is 5.41 Å². The second kappa shape index (κ2) is 4.59. The summed E-state index contributed by atoms with van der Waals surface area (Å²) >= 11 is 0.0348. The van der Waals surface area contributed by atoms with Gasteiger partial charge in [-0.2, -0.15) is 0 Å². The molecular formula is C21H21IO. The number of benzene rings is 1. The molecule has 0 amide bonds. The van der Waals surface area contributed by atoms with Crippen LogP contribution in [0, 0.1) is 23.7 Å². The van der Waals surface area contributed by atoms with Gasteiger partial charge in [0, 0.05) is 20.6 Å². The predicted molar refractivity (Wildman–Crippen MR) is 102 cm³/mol. The molecule has 4 bridgehead atoms. The molecule has 118 valence electrons. The van der Waals surface area contributed by atoms with E-state index in [1.54, 1.807) is 0 Å². The molecule has 4 aliphatic carbocycles. The highest BCUT2D eigenvalue weighted by molar-refractivity contribution is 14.2. The molecular weight excluding hydrogens is 395 g/mol. The standard InChI is InChI=1S/C21H21IO/c1-2-4-19-17(3-1)21(18-5-6-22-12-20(18)23-19)15-8-13-7-14(10-15)11-16(21)9-13/h1-6,12-16H,7-11H2. The Morgan fingerprint density at radius 1 is 0.957 bits per heavy atom. The van der Waals surface area contributed by atoms with Crippen LogP contribution in [0.5, 0.6) is 5.75 Å². The zero-order valence-corrected chi connectivity index (χ0v) is 15.3. The fraction of sp³-hybridized carbons (Fsp3) is 0.476. The Hall–Kier alpha value is -0.900. The Morgan fingerprint density at radius 3 is 2.48 bits per heavy atom. The van der Waals surface area contributed by atoms with Crippen LogP contribution in [-0.4, -0.2) is 4.01 Å². The largest absolute Gasteiger partial charge is 0.456 e. The maximum atomic E-state index is 6.37. The monoisotopic (exact) mass is 416 g/mol. The van der Waals surface area contributed by atoms with Gasteiger partial charge in [-0.15, -0.1) is 0 Å². The summed E-state index contributed by atoms with van der Waals surface area (Å²) in [5.41, 5.74) is 3.30. The average molecular weight is 416 g/mol. The Bertz CT molecular complexity index is 757. The zero-order chi connectivity index (χ0) is 15.0. The maximum Gasteiger partial charge on any atom is 0.137 e. The van der Waals surface area contributed by atoms with Crippen molar-refractivity contribution in [1.29, 1.82) is 0 Å². The van der Waals surface area contributed by atoms with Gasteiger partial charge in [-0.05, 0) is 72.0 Å². The summed E-state index contributed by atoms with van der Waals surface area (Å²) in [6.07, 6.45) is 9.76. The molecule has 7 rings (SSSR count). The first-order chi connectivity index (χ1) is 11.4. The highest BCUT2D eigenvalue weighted by Gasteiger charge is 2.61. The molecule has 1 aromatic rings. The van der Waals surface area contributed by atoms with E-state index >= 15 is 0 Å². The van der Waals surface area contributed by atoms with Crippen molar-refractivity contribution in [2.75, 3.05) is 0 Å². The first-order valence-electron chi connectivity index (χ1n) is 8.99. The number of allylic oxidation sites excluding steroid dienone is 3. The summed E-state index contributed by atoms with van der Waals surface area (Å²) in [7, 11) is 0. The molecule has 2 heteroatoms. The van der Waals surface area contributed by atoms with Crippen LogP contribution < -0.4 is 4.74 Å². The molecule has 0 N–H and O–H groups in total. The van der Waals surface area contributed by atoms with Crippen LogP contribution in [0.4, 0.5) is 0 Å². The number of fused-ring (bicyclic) bond motifs is 1. The van der Waals surface area contributed by atoms with Crippen LogP contribution in [0.2, 0.25) is 0 Å². The van der Waals surface area contributed by atoms with Gasteiger partial charge < -0.3 is 4.74 Å². The van der Waals surface area contributed by atoms with Crippen molar-refractivity contribution < 1.29 is 4.74 Å². The molecule has 1 aromatic carbocycles. The van der Waals surface area contributed by atoms with Gasteiger partial charge in [0.25, 0.3) is 0 Å². The highest BCUT2D eigenvalue weighted by Crippen LogP contribution is 2.68. The van der Waals surface area contributed by atoms with Gasteiger partial charge in [-0.25, -0.2) is 0 Å². The van der Waals surface area contributed by atoms with Crippen molar-refractivity contribution in [1.82, 2.24) is 0 Å². The smallest absolute Gasteiger partial charge is 0.137 e. The van der Waals surface area contributed by atoms with Crippen molar-refractivity contribution in [2.24, 2.45) is 23.7 Å². The quantitative estimate of drug-likeness (QED) is 0.520. The molecule has 0 unspecified atom stereocenters. The van der Waals surface area contributed by atoms with E-state index in [9.17, 15) is 0 Å². The van der Waals surface area contributed by atoms with Gasteiger partial charge >= 0.3 is 0 Å². The first kappa shape index (κ1) is 13.4. The number of para-hydroxylation sites is 1. The minimum absolute atomic E-state index is 0.0348. The van der Waals surface area contributed by atoms with Crippen molar-refractivity contribution in [2.45, 2.75) is 37.5 Å². The number of hydrogen-bond donors (Lipinski definition) is 0. The van der Waals surface area contributed by atoms with Crippen LogP contribution in [0.25, 0.3) is 0 Å². The van der Waals surface area contributed by atoms with E-state index in [1.807, 2.05) is 0 Å². The predicted octanol–water partition coefficient (Wildman–Crippen LogP) is 5.33. The van der Waals surface area contributed by atoms with Gasteiger partial charge in [-0.1, -0.05) is 38.9 Å². The van der Waals surface area contributed by atoms with Crippen LogP contribution in [0.1, 0.15) is 37.7 Å². The van der Waals surface area contributed by atoms with Gasteiger partial charge in [0.1, 0.15) is 11.5 Å². The third-order valence-corrected chi connectivity index (χ3v) is 8.85. The maximum absolute atomic E-state index is 6.37. The van der Waals surface area contributed by atoms with Gasteiger partial charge in [0.15, 0.2) is 0 Å². The molecule has 0 saturated heterocycles. The lowest BCUT2D eigenvalue weighted by Crippen LogP contribution is -2.57. The van der Waals surface area contributed by atoms with E-state index in [0.717, 1.165) is 29.4 Å². The summed E-state index contributed by atoms with van der Waals surface area (Å²) in [6, 6.07) is 8.95. The molecule has 2 aliphatic heterocycles. The van der Waals surface area contributed by atoms with E-state index in [-0.39, 0.29) is 26.1 Å². The normalized spacial score (nSPS) is 42.3. The SMILES string of the molecule is C1=CC2=C(C=I1)Oc1ccccc1C21C2CC3CC(C2)CC1C3. The summed E-state index contributed by atoms with van der Waals surface area (Å²) in [6.45, 7) is 0. The Kier molecular flexibility index (Phi) is 2.67. The molecule has 1 nitrogen and oxygen atoms in total. The second-order valence-corrected chi connectivity index (χ2v) is 10.1. The van der Waals surface area contributed by atoms with Crippen molar-refractivity contribution in [3.05, 3.63) is 51.3 Å².